The van der Waals surface area contributed by atoms with Gasteiger partial charge in [-0.1, -0.05) is 30.3 Å². The Hall–Kier alpha value is -2.89. The summed E-state index contributed by atoms with van der Waals surface area (Å²) in [6.07, 6.45) is 0.490. The van der Waals surface area contributed by atoms with Crippen LogP contribution in [-0.2, 0) is 16.1 Å². The molecule has 6 heteroatoms. The quantitative estimate of drug-likeness (QED) is 0.829. The second-order valence-corrected chi connectivity index (χ2v) is 6.28. The highest BCUT2D eigenvalue weighted by atomic mass is 19.1. The fourth-order valence-electron chi connectivity index (χ4n) is 2.96. The first-order valence-corrected chi connectivity index (χ1v) is 8.59. The number of halogens is 1. The van der Waals surface area contributed by atoms with Gasteiger partial charge in [0.05, 0.1) is 19.1 Å². The van der Waals surface area contributed by atoms with E-state index in [4.69, 9.17) is 4.74 Å². The molecule has 1 saturated heterocycles. The van der Waals surface area contributed by atoms with Crippen molar-refractivity contribution in [2.45, 2.75) is 25.4 Å². The zero-order valence-electron chi connectivity index (χ0n) is 14.4. The lowest BCUT2D eigenvalue weighted by Crippen LogP contribution is -2.37. The Morgan fingerprint density at radius 3 is 2.77 bits per heavy atom. The van der Waals surface area contributed by atoms with Gasteiger partial charge in [0.25, 0.3) is 0 Å². The summed E-state index contributed by atoms with van der Waals surface area (Å²) in [6, 6.07) is 15.3. The molecular weight excluding hydrogens is 335 g/mol. The zero-order chi connectivity index (χ0) is 18.4. The van der Waals surface area contributed by atoms with Gasteiger partial charge in [0.2, 0.25) is 11.8 Å². The Bertz CT molecular complexity index is 767. The summed E-state index contributed by atoms with van der Waals surface area (Å²) in [5, 5.41) is 2.87. The van der Waals surface area contributed by atoms with Gasteiger partial charge in [-0.3, -0.25) is 9.59 Å². The van der Waals surface area contributed by atoms with Crippen LogP contribution in [0.25, 0.3) is 0 Å². The Morgan fingerprint density at radius 2 is 2.00 bits per heavy atom. The van der Waals surface area contributed by atoms with Crippen LogP contribution in [0.5, 0.6) is 5.75 Å². The molecule has 136 valence electrons. The van der Waals surface area contributed by atoms with Crippen molar-refractivity contribution < 1.29 is 18.7 Å². The summed E-state index contributed by atoms with van der Waals surface area (Å²) < 4.78 is 18.8. The summed E-state index contributed by atoms with van der Waals surface area (Å²) in [4.78, 5) is 25.8. The third-order valence-corrected chi connectivity index (χ3v) is 4.18. The molecule has 1 atom stereocenters. The van der Waals surface area contributed by atoms with Crippen molar-refractivity contribution in [2.24, 2.45) is 0 Å². The number of carbonyl (C=O) groups excluding carboxylic acids is 2. The monoisotopic (exact) mass is 356 g/mol. The minimum atomic E-state index is -0.322. The van der Waals surface area contributed by atoms with Crippen molar-refractivity contribution in [3.05, 3.63) is 66.0 Å². The van der Waals surface area contributed by atoms with Crippen LogP contribution in [0.15, 0.2) is 54.6 Å². The van der Waals surface area contributed by atoms with Crippen molar-refractivity contribution in [1.29, 1.82) is 0 Å². The molecule has 0 spiro atoms. The average molecular weight is 356 g/mol. The molecule has 26 heavy (non-hydrogen) atoms. The van der Waals surface area contributed by atoms with E-state index in [0.29, 0.717) is 13.1 Å². The Kier molecular flexibility index (Phi) is 5.84. The minimum Gasteiger partial charge on any atom is -0.493 e. The lowest BCUT2D eigenvalue weighted by Gasteiger charge is -2.17. The van der Waals surface area contributed by atoms with E-state index < -0.39 is 0 Å². The highest BCUT2D eigenvalue weighted by molar-refractivity contribution is 5.82. The molecule has 0 saturated carbocycles. The molecule has 1 N–H and O–H groups in total. The molecule has 0 aliphatic carbocycles. The Labute approximate surface area is 151 Å². The Balaban J connectivity index is 1.42. The number of amides is 2. The lowest BCUT2D eigenvalue weighted by atomic mass is 10.2. The molecule has 1 fully saturated rings. The van der Waals surface area contributed by atoms with Gasteiger partial charge >= 0.3 is 0 Å². The number of carbonyl (C=O) groups is 2. The van der Waals surface area contributed by atoms with E-state index in [0.717, 1.165) is 11.3 Å². The molecule has 2 aromatic rings. The van der Waals surface area contributed by atoms with E-state index >= 15 is 0 Å². The number of likely N-dealkylation sites (tertiary alicyclic amines) is 1. The third-order valence-electron chi connectivity index (χ3n) is 4.18. The Morgan fingerprint density at radius 1 is 1.19 bits per heavy atom. The van der Waals surface area contributed by atoms with E-state index in [9.17, 15) is 14.0 Å². The maximum absolute atomic E-state index is 13.3. The molecule has 0 radical (unpaired) electrons. The maximum atomic E-state index is 13.3. The van der Waals surface area contributed by atoms with Crippen molar-refractivity contribution >= 4 is 11.8 Å². The second-order valence-electron chi connectivity index (χ2n) is 6.28. The molecule has 2 amide bonds. The van der Waals surface area contributed by atoms with E-state index in [1.807, 2.05) is 30.3 Å². The largest absolute Gasteiger partial charge is 0.493 e. The van der Waals surface area contributed by atoms with Crippen LogP contribution in [0.3, 0.4) is 0 Å². The van der Waals surface area contributed by atoms with Crippen LogP contribution in [0.1, 0.15) is 18.4 Å². The van der Waals surface area contributed by atoms with Gasteiger partial charge in [0.1, 0.15) is 11.6 Å². The van der Waals surface area contributed by atoms with E-state index in [1.165, 1.54) is 12.1 Å². The summed E-state index contributed by atoms with van der Waals surface area (Å²) >= 11 is 0. The number of nitrogens with one attached hydrogen (secondary N) is 1. The van der Waals surface area contributed by atoms with Crippen molar-refractivity contribution in [2.75, 3.05) is 13.2 Å². The highest BCUT2D eigenvalue weighted by Gasteiger charge is 2.30. The van der Waals surface area contributed by atoms with E-state index in [1.54, 1.807) is 17.0 Å². The normalized spacial score (nSPS) is 16.6. The fourth-order valence-corrected chi connectivity index (χ4v) is 2.96. The molecule has 1 aliphatic rings. The number of ether oxygens (including phenoxy) is 1. The fraction of sp³-hybridized carbons (Fsp3) is 0.300. The first-order chi connectivity index (χ1) is 12.6. The van der Waals surface area contributed by atoms with Gasteiger partial charge in [0, 0.05) is 19.5 Å². The zero-order valence-corrected chi connectivity index (χ0v) is 14.4. The predicted octanol–water partition coefficient (Wildman–Crippen LogP) is 2.51. The van der Waals surface area contributed by atoms with Crippen molar-refractivity contribution in [1.82, 2.24) is 10.2 Å². The third kappa shape index (κ3) is 5.05. The molecule has 0 aromatic heterocycles. The van der Waals surface area contributed by atoms with Crippen molar-refractivity contribution in [3.8, 4) is 5.75 Å². The van der Waals surface area contributed by atoms with Gasteiger partial charge in [-0.2, -0.15) is 0 Å². The van der Waals surface area contributed by atoms with Gasteiger partial charge in [-0.05, 0) is 29.8 Å². The number of benzene rings is 2. The van der Waals surface area contributed by atoms with Gasteiger partial charge < -0.3 is 15.0 Å². The molecule has 0 bridgehead atoms. The standard InChI is InChI=1S/C20H21FN2O3/c21-16-6-4-5-15(11-16)13-23-14-17(12-20(23)25)22-19(24)9-10-26-18-7-2-1-3-8-18/h1-8,11,17H,9-10,12-14H2,(H,22,24)/t17-/m0/s1. The van der Waals surface area contributed by atoms with Crippen LogP contribution in [-0.4, -0.2) is 35.9 Å². The van der Waals surface area contributed by atoms with Crippen LogP contribution in [0.2, 0.25) is 0 Å². The molecule has 5 nitrogen and oxygen atoms in total. The van der Waals surface area contributed by atoms with Gasteiger partial charge in [-0.15, -0.1) is 0 Å². The maximum Gasteiger partial charge on any atom is 0.225 e. The summed E-state index contributed by atoms with van der Waals surface area (Å²) in [5.74, 6) is 0.210. The first-order valence-electron chi connectivity index (χ1n) is 8.59. The van der Waals surface area contributed by atoms with Gasteiger partial charge in [0.15, 0.2) is 0 Å². The van der Waals surface area contributed by atoms with Crippen LogP contribution < -0.4 is 10.1 Å². The summed E-state index contributed by atoms with van der Waals surface area (Å²) in [5.41, 5.74) is 0.738. The second kappa shape index (κ2) is 8.47. The topological polar surface area (TPSA) is 58.6 Å². The minimum absolute atomic E-state index is 0.0416. The molecule has 1 heterocycles. The molecule has 0 unspecified atom stereocenters. The van der Waals surface area contributed by atoms with Crippen molar-refractivity contribution in [3.63, 3.8) is 0 Å². The highest BCUT2D eigenvalue weighted by Crippen LogP contribution is 2.16. The average Bonchev–Trinajstić information content (AvgIpc) is 2.95. The summed E-state index contributed by atoms with van der Waals surface area (Å²) in [6.45, 7) is 1.06. The molecule has 2 aromatic carbocycles. The van der Waals surface area contributed by atoms with Crippen LogP contribution >= 0.6 is 0 Å². The molecule has 1 aliphatic heterocycles. The molecular formula is C20H21FN2O3. The lowest BCUT2D eigenvalue weighted by molar-refractivity contribution is -0.128. The van der Waals surface area contributed by atoms with Gasteiger partial charge in [-0.25, -0.2) is 4.39 Å². The number of rotatable bonds is 7. The molecule has 3 rings (SSSR count). The number of para-hydroxylation sites is 1. The van der Waals surface area contributed by atoms with Crippen LogP contribution in [0, 0.1) is 5.82 Å². The van der Waals surface area contributed by atoms with E-state index in [2.05, 4.69) is 5.32 Å². The van der Waals surface area contributed by atoms with Crippen LogP contribution in [0.4, 0.5) is 4.39 Å². The first kappa shape index (κ1) is 17.9. The van der Waals surface area contributed by atoms with E-state index in [-0.39, 0.29) is 43.1 Å². The number of nitrogens with zero attached hydrogens (tertiary/aromatic N) is 1. The SMILES string of the molecule is O=C(CCOc1ccccc1)N[C@H]1CC(=O)N(Cc2cccc(F)c2)C1. The number of hydrogen-bond acceptors (Lipinski definition) is 3. The predicted molar refractivity (Wildman–Crippen MR) is 94.9 cm³/mol. The number of hydrogen-bond donors (Lipinski definition) is 1. The smallest absolute Gasteiger partial charge is 0.225 e. The summed E-state index contributed by atoms with van der Waals surface area (Å²) in [7, 11) is 0.